The number of rotatable bonds is 5. The zero-order chi connectivity index (χ0) is 20.9. The maximum Gasteiger partial charge on any atom is 0.408 e. The predicted molar refractivity (Wildman–Crippen MR) is 111 cm³/mol. The first-order valence-corrected chi connectivity index (χ1v) is 10.3. The number of amides is 1. The van der Waals surface area contributed by atoms with E-state index >= 15 is 0 Å². The zero-order valence-corrected chi connectivity index (χ0v) is 16.7. The van der Waals surface area contributed by atoms with Crippen LogP contribution in [0.4, 0.5) is 18.9 Å². The third-order valence-electron chi connectivity index (χ3n) is 4.60. The summed E-state index contributed by atoms with van der Waals surface area (Å²) in [6, 6.07) is 14.1. The number of amidine groups is 1. The smallest absolute Gasteiger partial charge is 0.353 e. The lowest BCUT2D eigenvalue weighted by Crippen LogP contribution is -2.48. The highest BCUT2D eigenvalue weighted by atomic mass is 32.2. The molecule has 4 nitrogen and oxygen atoms in total. The van der Waals surface area contributed by atoms with Crippen LogP contribution in [0.25, 0.3) is 0 Å². The van der Waals surface area contributed by atoms with E-state index in [9.17, 15) is 18.0 Å². The lowest BCUT2D eigenvalue weighted by molar-refractivity contribution is -0.155. The molecule has 0 bridgehead atoms. The first kappa shape index (κ1) is 21.2. The van der Waals surface area contributed by atoms with E-state index < -0.39 is 18.3 Å². The van der Waals surface area contributed by atoms with Crippen LogP contribution in [0, 0.1) is 0 Å². The molecule has 0 unspecified atom stereocenters. The molecule has 2 atom stereocenters. The van der Waals surface area contributed by atoms with Crippen LogP contribution in [0.3, 0.4) is 0 Å². The average molecular weight is 421 g/mol. The van der Waals surface area contributed by atoms with E-state index in [0.29, 0.717) is 5.69 Å². The van der Waals surface area contributed by atoms with Gasteiger partial charge < -0.3 is 10.6 Å². The minimum Gasteiger partial charge on any atom is -0.353 e. The number of aliphatic imine (C=N–C) groups is 1. The Morgan fingerprint density at radius 2 is 1.86 bits per heavy atom. The highest BCUT2D eigenvalue weighted by Crippen LogP contribution is 2.34. The van der Waals surface area contributed by atoms with E-state index in [1.165, 1.54) is 0 Å². The lowest BCUT2D eigenvalue weighted by Gasteiger charge is -2.31. The number of nitrogens with one attached hydrogen (secondary N) is 2. The Kier molecular flexibility index (Phi) is 6.84. The van der Waals surface area contributed by atoms with Crippen LogP contribution in [0.1, 0.15) is 30.5 Å². The number of anilines is 1. The molecule has 3 rings (SSSR count). The Bertz CT molecular complexity index is 854. The predicted octanol–water partition coefficient (Wildman–Crippen LogP) is 4.94. The first-order chi connectivity index (χ1) is 13.8. The molecule has 1 heterocycles. The summed E-state index contributed by atoms with van der Waals surface area (Å²) in [6.45, 7) is 2.04. The molecule has 0 aromatic heterocycles. The molecule has 29 heavy (non-hydrogen) atoms. The number of aryl methyl sites for hydroxylation is 1. The first-order valence-electron chi connectivity index (χ1n) is 9.32. The normalized spacial score (nSPS) is 19.2. The number of halogens is 3. The number of carbonyl (C=O) groups excluding carboxylic acids is 1. The quantitative estimate of drug-likeness (QED) is 0.719. The van der Waals surface area contributed by atoms with Crippen molar-refractivity contribution in [2.24, 2.45) is 4.99 Å². The lowest BCUT2D eigenvalue weighted by atomic mass is 9.98. The Balaban J connectivity index is 1.65. The van der Waals surface area contributed by atoms with Crippen LogP contribution >= 0.6 is 11.8 Å². The maximum atomic E-state index is 13.3. The number of hydrogen-bond acceptors (Lipinski definition) is 4. The number of benzene rings is 2. The van der Waals surface area contributed by atoms with E-state index in [4.69, 9.17) is 0 Å². The molecule has 0 aliphatic carbocycles. The van der Waals surface area contributed by atoms with Gasteiger partial charge in [-0.15, -0.1) is 0 Å². The van der Waals surface area contributed by atoms with Gasteiger partial charge in [0.1, 0.15) is 6.04 Å². The second-order valence-corrected chi connectivity index (χ2v) is 7.69. The molecular weight excluding hydrogens is 399 g/mol. The highest BCUT2D eigenvalue weighted by molar-refractivity contribution is 8.14. The summed E-state index contributed by atoms with van der Waals surface area (Å²) >= 11 is 0.978. The second kappa shape index (κ2) is 9.35. The molecule has 2 aromatic rings. The van der Waals surface area contributed by atoms with Gasteiger partial charge in [-0.2, -0.15) is 13.2 Å². The zero-order valence-electron chi connectivity index (χ0n) is 15.9. The number of nitrogens with zero attached hydrogens (tertiary/aromatic N) is 1. The minimum absolute atomic E-state index is 0.0343. The van der Waals surface area contributed by atoms with Gasteiger partial charge in [-0.1, -0.05) is 61.2 Å². The summed E-state index contributed by atoms with van der Waals surface area (Å²) in [6.07, 6.45) is -3.66. The Hall–Kier alpha value is -2.48. The van der Waals surface area contributed by atoms with Gasteiger partial charge >= 0.3 is 6.18 Å². The standard InChI is InChI=1S/C21H22F3N3OS/c1-2-14-8-10-16(11-9-14)25-19(28)13-29-20-26-17(15-6-4-3-5-7-15)12-18(27-20)21(22,23)24/h3-11,17-18H,2,12-13H2,1H3,(H,25,28)(H,26,27)/t17-,18+/m0/s1. The van der Waals surface area contributed by atoms with Crippen molar-refractivity contribution >= 4 is 28.5 Å². The molecule has 2 aromatic carbocycles. The number of thioether (sulfide) groups is 1. The molecule has 0 saturated carbocycles. The Labute approximate surface area is 172 Å². The fourth-order valence-corrected chi connectivity index (χ4v) is 3.77. The van der Waals surface area contributed by atoms with Crippen LogP contribution < -0.4 is 10.6 Å². The molecule has 1 amide bonds. The van der Waals surface area contributed by atoms with E-state index in [2.05, 4.69) is 15.6 Å². The molecule has 0 saturated heterocycles. The van der Waals surface area contributed by atoms with E-state index in [0.717, 1.165) is 29.3 Å². The minimum atomic E-state index is -4.39. The molecule has 1 aliphatic rings. The van der Waals surface area contributed by atoms with Gasteiger partial charge in [-0.3, -0.25) is 9.79 Å². The fourth-order valence-electron chi connectivity index (χ4n) is 3.00. The monoisotopic (exact) mass is 421 g/mol. The molecule has 0 radical (unpaired) electrons. The van der Waals surface area contributed by atoms with E-state index in [-0.39, 0.29) is 23.2 Å². The third-order valence-corrected chi connectivity index (χ3v) is 5.50. The average Bonchev–Trinajstić information content (AvgIpc) is 2.72. The van der Waals surface area contributed by atoms with Crippen molar-refractivity contribution < 1.29 is 18.0 Å². The highest BCUT2D eigenvalue weighted by Gasteiger charge is 2.43. The largest absolute Gasteiger partial charge is 0.408 e. The molecular formula is C21H22F3N3OS. The van der Waals surface area contributed by atoms with Crippen molar-refractivity contribution in [3.8, 4) is 0 Å². The Morgan fingerprint density at radius 3 is 2.48 bits per heavy atom. The van der Waals surface area contributed by atoms with Gasteiger partial charge in [-0.05, 0) is 29.7 Å². The van der Waals surface area contributed by atoms with Crippen molar-refractivity contribution in [3.05, 3.63) is 65.7 Å². The maximum absolute atomic E-state index is 13.3. The van der Waals surface area contributed by atoms with Gasteiger partial charge in [0.2, 0.25) is 5.91 Å². The molecule has 0 spiro atoms. The number of carbonyl (C=O) groups is 1. The van der Waals surface area contributed by atoms with Crippen LogP contribution in [0.5, 0.6) is 0 Å². The van der Waals surface area contributed by atoms with Gasteiger partial charge in [-0.25, -0.2) is 0 Å². The molecule has 2 N–H and O–H groups in total. The van der Waals surface area contributed by atoms with Gasteiger partial charge in [0.25, 0.3) is 0 Å². The van der Waals surface area contributed by atoms with Crippen molar-refractivity contribution in [1.82, 2.24) is 5.32 Å². The summed E-state index contributed by atoms with van der Waals surface area (Å²) in [4.78, 5) is 16.6. The van der Waals surface area contributed by atoms with Crippen molar-refractivity contribution in [1.29, 1.82) is 0 Å². The molecule has 8 heteroatoms. The van der Waals surface area contributed by atoms with Crippen molar-refractivity contribution in [2.75, 3.05) is 11.1 Å². The number of hydrogen-bond donors (Lipinski definition) is 2. The molecule has 1 aliphatic heterocycles. The number of alkyl halides is 3. The molecule has 0 fully saturated rings. The topological polar surface area (TPSA) is 53.5 Å². The van der Waals surface area contributed by atoms with Gasteiger partial charge in [0.05, 0.1) is 11.8 Å². The fraction of sp³-hybridized carbons (Fsp3) is 0.333. The summed E-state index contributed by atoms with van der Waals surface area (Å²) in [5, 5.41) is 5.32. The van der Waals surface area contributed by atoms with Gasteiger partial charge in [0.15, 0.2) is 5.17 Å². The van der Waals surface area contributed by atoms with Crippen LogP contribution in [-0.2, 0) is 11.2 Å². The van der Waals surface area contributed by atoms with E-state index in [1.807, 2.05) is 37.3 Å². The van der Waals surface area contributed by atoms with E-state index in [1.54, 1.807) is 24.3 Å². The second-order valence-electron chi connectivity index (χ2n) is 6.72. The summed E-state index contributed by atoms with van der Waals surface area (Å²) in [7, 11) is 0. The van der Waals surface area contributed by atoms with Crippen LogP contribution in [0.15, 0.2) is 59.6 Å². The summed E-state index contributed by atoms with van der Waals surface area (Å²) < 4.78 is 40.0. The van der Waals surface area contributed by atoms with Crippen LogP contribution in [0.2, 0.25) is 0 Å². The third kappa shape index (κ3) is 6.00. The van der Waals surface area contributed by atoms with Crippen molar-refractivity contribution in [3.63, 3.8) is 0 Å². The summed E-state index contributed by atoms with van der Waals surface area (Å²) in [5.74, 6) is -0.331. The van der Waals surface area contributed by atoms with Crippen molar-refractivity contribution in [2.45, 2.75) is 38.0 Å². The van der Waals surface area contributed by atoms with Crippen LogP contribution in [-0.4, -0.2) is 29.0 Å². The summed E-state index contributed by atoms with van der Waals surface area (Å²) in [5.41, 5.74) is 2.53. The Morgan fingerprint density at radius 1 is 1.17 bits per heavy atom. The van der Waals surface area contributed by atoms with Gasteiger partial charge in [0, 0.05) is 12.1 Å². The molecule has 154 valence electrons. The SMILES string of the molecule is CCc1ccc(NC(=O)CSC2=N[C@H](c3ccccc3)C[C@H](C(F)(F)F)N2)cc1.